The summed E-state index contributed by atoms with van der Waals surface area (Å²) < 4.78 is 14.7. The minimum absolute atomic E-state index is 0.0209. The monoisotopic (exact) mass is 475 g/mol. The normalized spacial score (nSPS) is 16.2. The topological polar surface area (TPSA) is 150 Å². The Balaban J connectivity index is 1.87. The van der Waals surface area contributed by atoms with Crippen LogP contribution in [0.25, 0.3) is 0 Å². The zero-order valence-corrected chi connectivity index (χ0v) is 19.5. The molecule has 2 aromatic rings. The lowest BCUT2D eigenvalue weighted by Crippen LogP contribution is -2.50. The van der Waals surface area contributed by atoms with Crippen LogP contribution in [0, 0.1) is 0 Å². The lowest BCUT2D eigenvalue weighted by atomic mass is 10.1. The molecular formula is C22H29N5O5S. The van der Waals surface area contributed by atoms with Gasteiger partial charge in [-0.15, -0.1) is 0 Å². The van der Waals surface area contributed by atoms with Crippen molar-refractivity contribution in [3.8, 4) is 5.75 Å². The van der Waals surface area contributed by atoms with E-state index in [1.54, 1.807) is 19.2 Å². The van der Waals surface area contributed by atoms with Crippen LogP contribution >= 0.6 is 11.5 Å². The number of carbonyl (C=O) groups excluding carboxylic acids is 3. The summed E-state index contributed by atoms with van der Waals surface area (Å²) in [5.41, 5.74) is 11.9. The molecule has 1 saturated heterocycles. The van der Waals surface area contributed by atoms with E-state index in [2.05, 4.69) is 9.69 Å². The summed E-state index contributed by atoms with van der Waals surface area (Å²) in [6, 6.07) is 6.44. The molecule has 3 rings (SSSR count). The minimum atomic E-state index is -0.814. The van der Waals surface area contributed by atoms with Crippen molar-refractivity contribution >= 4 is 34.9 Å². The summed E-state index contributed by atoms with van der Waals surface area (Å²) in [7, 11) is 1.57. The molecule has 11 heteroatoms. The molecule has 2 heterocycles. The first-order valence-corrected chi connectivity index (χ1v) is 11.5. The molecule has 0 bridgehead atoms. The number of aromatic nitrogens is 1. The first kappa shape index (κ1) is 24.5. The maximum atomic E-state index is 13.5. The molecule has 1 aliphatic heterocycles. The highest BCUT2D eigenvalue weighted by Crippen LogP contribution is 2.26. The van der Waals surface area contributed by atoms with Crippen LogP contribution in [0.2, 0.25) is 0 Å². The van der Waals surface area contributed by atoms with Gasteiger partial charge in [-0.05, 0) is 48.5 Å². The van der Waals surface area contributed by atoms with E-state index in [0.29, 0.717) is 25.3 Å². The Kier molecular flexibility index (Phi) is 8.23. The largest absolute Gasteiger partial charge is 0.497 e. The average molecular weight is 476 g/mol. The maximum Gasteiger partial charge on any atom is 0.270 e. The van der Waals surface area contributed by atoms with Crippen LogP contribution in [0.5, 0.6) is 5.75 Å². The van der Waals surface area contributed by atoms with Crippen LogP contribution in [-0.4, -0.2) is 59.4 Å². The SMILES string of the molecule is CCC(C(=O)NCC1CCCO1)N(Cc1ccc(OC)cc1)C(=O)c1snc(C(N)=O)c1N. The van der Waals surface area contributed by atoms with Crippen molar-refractivity contribution in [2.24, 2.45) is 5.73 Å². The van der Waals surface area contributed by atoms with E-state index in [-0.39, 0.29) is 34.8 Å². The number of amides is 3. The summed E-state index contributed by atoms with van der Waals surface area (Å²) in [5, 5.41) is 2.91. The number of ether oxygens (including phenoxy) is 2. The van der Waals surface area contributed by atoms with E-state index in [1.807, 2.05) is 19.1 Å². The van der Waals surface area contributed by atoms with Gasteiger partial charge in [0.25, 0.3) is 11.8 Å². The number of benzene rings is 1. The molecule has 5 N–H and O–H groups in total. The van der Waals surface area contributed by atoms with Crippen molar-refractivity contribution in [2.75, 3.05) is 26.0 Å². The fourth-order valence-electron chi connectivity index (χ4n) is 3.70. The van der Waals surface area contributed by atoms with Gasteiger partial charge in [-0.25, -0.2) is 0 Å². The number of nitrogens with one attached hydrogen (secondary N) is 1. The Morgan fingerprint density at radius 3 is 2.61 bits per heavy atom. The second kappa shape index (κ2) is 11.1. The molecule has 1 aromatic carbocycles. The molecule has 1 fully saturated rings. The first-order valence-electron chi connectivity index (χ1n) is 10.7. The molecular weight excluding hydrogens is 446 g/mol. The number of primary amides is 1. The molecule has 0 aliphatic carbocycles. The highest BCUT2D eigenvalue weighted by Gasteiger charge is 2.33. The fraction of sp³-hybridized carbons (Fsp3) is 0.455. The Morgan fingerprint density at radius 1 is 1.33 bits per heavy atom. The number of carbonyl (C=O) groups is 3. The van der Waals surface area contributed by atoms with Crippen molar-refractivity contribution in [1.82, 2.24) is 14.6 Å². The molecule has 2 atom stereocenters. The van der Waals surface area contributed by atoms with Gasteiger partial charge in [-0.1, -0.05) is 19.1 Å². The zero-order valence-electron chi connectivity index (χ0n) is 18.7. The molecule has 10 nitrogen and oxygen atoms in total. The Hall–Kier alpha value is -3.18. The van der Waals surface area contributed by atoms with Crippen LogP contribution in [0.3, 0.4) is 0 Å². The molecule has 1 aromatic heterocycles. The molecule has 0 saturated carbocycles. The number of hydrogen-bond acceptors (Lipinski definition) is 8. The van der Waals surface area contributed by atoms with Crippen molar-refractivity contribution in [2.45, 2.75) is 44.9 Å². The van der Waals surface area contributed by atoms with Gasteiger partial charge in [-0.2, -0.15) is 4.37 Å². The van der Waals surface area contributed by atoms with E-state index in [9.17, 15) is 14.4 Å². The summed E-state index contributed by atoms with van der Waals surface area (Å²) in [6.07, 6.45) is 2.21. The van der Waals surface area contributed by atoms with Gasteiger partial charge in [-0.3, -0.25) is 14.4 Å². The lowest BCUT2D eigenvalue weighted by molar-refractivity contribution is -0.126. The number of rotatable bonds is 10. The van der Waals surface area contributed by atoms with Gasteiger partial charge in [0.05, 0.1) is 18.9 Å². The Bertz CT molecular complexity index is 988. The van der Waals surface area contributed by atoms with Gasteiger partial charge in [0.2, 0.25) is 5.91 Å². The second-order valence-corrected chi connectivity index (χ2v) is 8.50. The number of anilines is 1. The fourth-order valence-corrected chi connectivity index (χ4v) is 4.46. The lowest BCUT2D eigenvalue weighted by Gasteiger charge is -2.30. The Labute approximate surface area is 196 Å². The van der Waals surface area contributed by atoms with Gasteiger partial charge >= 0.3 is 0 Å². The third-order valence-electron chi connectivity index (χ3n) is 5.52. The highest BCUT2D eigenvalue weighted by atomic mass is 32.1. The van der Waals surface area contributed by atoms with Gasteiger partial charge in [0, 0.05) is 19.7 Å². The van der Waals surface area contributed by atoms with Crippen molar-refractivity contribution < 1.29 is 23.9 Å². The number of methoxy groups -OCH3 is 1. The predicted octanol–water partition coefficient (Wildman–Crippen LogP) is 1.55. The maximum absolute atomic E-state index is 13.5. The standard InChI is InChI=1S/C22H29N5O5S/c1-3-16(21(29)25-11-15-5-4-10-32-15)27(12-13-6-8-14(31-2)9-7-13)22(30)19-17(23)18(20(24)28)26-33-19/h6-9,15-16H,3-5,10-12,23H2,1-2H3,(H2,24,28)(H,25,29). The number of nitrogens with two attached hydrogens (primary N) is 2. The third kappa shape index (κ3) is 5.79. The number of nitrogen functional groups attached to an aromatic ring is 1. The molecule has 3 amide bonds. The highest BCUT2D eigenvalue weighted by molar-refractivity contribution is 7.09. The summed E-state index contributed by atoms with van der Waals surface area (Å²) in [5.74, 6) is -0.915. The average Bonchev–Trinajstić information content (AvgIpc) is 3.47. The van der Waals surface area contributed by atoms with Crippen LogP contribution < -0.4 is 21.5 Å². The minimum Gasteiger partial charge on any atom is -0.497 e. The number of nitrogens with zero attached hydrogens (tertiary/aromatic N) is 2. The van der Waals surface area contributed by atoms with Crippen molar-refractivity contribution in [3.63, 3.8) is 0 Å². The summed E-state index contributed by atoms with van der Waals surface area (Å²) >= 11 is 0.792. The van der Waals surface area contributed by atoms with Gasteiger partial charge in [0.1, 0.15) is 16.7 Å². The third-order valence-corrected chi connectivity index (χ3v) is 6.37. The molecule has 2 unspecified atom stereocenters. The van der Waals surface area contributed by atoms with E-state index < -0.39 is 17.9 Å². The second-order valence-electron chi connectivity index (χ2n) is 7.72. The summed E-state index contributed by atoms with van der Waals surface area (Å²) in [4.78, 5) is 39.7. The van der Waals surface area contributed by atoms with Gasteiger partial charge in [0.15, 0.2) is 5.69 Å². The van der Waals surface area contributed by atoms with E-state index in [4.69, 9.17) is 20.9 Å². The summed E-state index contributed by atoms with van der Waals surface area (Å²) in [6.45, 7) is 3.05. The van der Waals surface area contributed by atoms with E-state index in [1.165, 1.54) is 4.90 Å². The zero-order chi connectivity index (χ0) is 24.0. The quantitative estimate of drug-likeness (QED) is 0.472. The van der Waals surface area contributed by atoms with E-state index in [0.717, 1.165) is 29.9 Å². The smallest absolute Gasteiger partial charge is 0.270 e. The van der Waals surface area contributed by atoms with E-state index >= 15 is 0 Å². The molecule has 0 radical (unpaired) electrons. The molecule has 178 valence electrons. The molecule has 0 spiro atoms. The first-order chi connectivity index (χ1) is 15.8. The van der Waals surface area contributed by atoms with Gasteiger partial charge < -0.3 is 31.2 Å². The predicted molar refractivity (Wildman–Crippen MR) is 124 cm³/mol. The van der Waals surface area contributed by atoms with Crippen LogP contribution in [-0.2, 0) is 16.1 Å². The van der Waals surface area contributed by atoms with Crippen molar-refractivity contribution in [3.05, 3.63) is 40.4 Å². The molecule has 1 aliphatic rings. The van der Waals surface area contributed by atoms with Crippen LogP contribution in [0.4, 0.5) is 5.69 Å². The molecule has 33 heavy (non-hydrogen) atoms. The van der Waals surface area contributed by atoms with Crippen molar-refractivity contribution in [1.29, 1.82) is 0 Å². The van der Waals surface area contributed by atoms with Crippen LogP contribution in [0.1, 0.15) is 51.9 Å². The Morgan fingerprint density at radius 2 is 2.06 bits per heavy atom. The van der Waals surface area contributed by atoms with Crippen LogP contribution in [0.15, 0.2) is 24.3 Å². The number of hydrogen-bond donors (Lipinski definition) is 3.